The van der Waals surface area contributed by atoms with E-state index < -0.39 is 0 Å². The number of nitrogens with one attached hydrogen (secondary N) is 1. The standard InChI is InChI=1S/C13H21N5O2S/c1-5-6-7-18-11(19)15-16-12(18)21-8-9-14-10(17-20-9)13(2,3)4/h5-8H2,1-4H3,(H,15,19). The van der Waals surface area contributed by atoms with E-state index in [2.05, 4.69) is 27.3 Å². The van der Waals surface area contributed by atoms with Crippen molar-refractivity contribution in [3.05, 3.63) is 22.2 Å². The van der Waals surface area contributed by atoms with Gasteiger partial charge in [-0.2, -0.15) is 4.98 Å². The van der Waals surface area contributed by atoms with Crippen LogP contribution in [0.4, 0.5) is 0 Å². The molecule has 0 amide bonds. The largest absolute Gasteiger partial charge is 0.343 e. The molecule has 0 radical (unpaired) electrons. The van der Waals surface area contributed by atoms with Crippen LogP contribution in [0.3, 0.4) is 0 Å². The van der Waals surface area contributed by atoms with E-state index in [-0.39, 0.29) is 11.1 Å². The van der Waals surface area contributed by atoms with Crippen LogP contribution in [0, 0.1) is 0 Å². The molecule has 0 aromatic carbocycles. The van der Waals surface area contributed by atoms with Gasteiger partial charge in [0.1, 0.15) is 0 Å². The number of H-pyrrole nitrogens is 1. The zero-order chi connectivity index (χ0) is 15.5. The summed E-state index contributed by atoms with van der Waals surface area (Å²) < 4.78 is 6.88. The number of aromatic nitrogens is 5. The Bertz CT molecular complexity index is 638. The van der Waals surface area contributed by atoms with Crippen molar-refractivity contribution in [3.8, 4) is 0 Å². The van der Waals surface area contributed by atoms with Crippen LogP contribution in [-0.4, -0.2) is 24.9 Å². The van der Waals surface area contributed by atoms with Crippen LogP contribution in [0.2, 0.25) is 0 Å². The van der Waals surface area contributed by atoms with Crippen LogP contribution in [0.5, 0.6) is 0 Å². The van der Waals surface area contributed by atoms with Gasteiger partial charge in [0.05, 0.1) is 5.75 Å². The Balaban J connectivity index is 2.03. The molecule has 2 heterocycles. The van der Waals surface area contributed by atoms with Gasteiger partial charge in [0, 0.05) is 12.0 Å². The molecule has 116 valence electrons. The Labute approximate surface area is 127 Å². The summed E-state index contributed by atoms with van der Waals surface area (Å²) in [7, 11) is 0. The molecule has 2 rings (SSSR count). The minimum atomic E-state index is -0.174. The van der Waals surface area contributed by atoms with E-state index in [1.807, 2.05) is 20.8 Å². The molecular formula is C13H21N5O2S. The average Bonchev–Trinajstić information content (AvgIpc) is 3.01. The maximum atomic E-state index is 11.7. The van der Waals surface area contributed by atoms with Gasteiger partial charge in [-0.1, -0.05) is 51.0 Å². The van der Waals surface area contributed by atoms with Crippen LogP contribution in [-0.2, 0) is 17.7 Å². The first-order chi connectivity index (χ1) is 9.91. The van der Waals surface area contributed by atoms with Crippen molar-refractivity contribution in [2.75, 3.05) is 0 Å². The van der Waals surface area contributed by atoms with Crippen molar-refractivity contribution in [2.24, 2.45) is 0 Å². The third-order valence-electron chi connectivity index (χ3n) is 2.92. The molecule has 0 aliphatic rings. The van der Waals surface area contributed by atoms with Gasteiger partial charge in [0.15, 0.2) is 11.0 Å². The van der Waals surface area contributed by atoms with Gasteiger partial charge >= 0.3 is 5.69 Å². The number of nitrogens with zero attached hydrogens (tertiary/aromatic N) is 4. The molecule has 21 heavy (non-hydrogen) atoms. The maximum absolute atomic E-state index is 11.7. The lowest BCUT2D eigenvalue weighted by Gasteiger charge is -2.10. The topological polar surface area (TPSA) is 89.6 Å². The molecule has 7 nitrogen and oxygen atoms in total. The van der Waals surface area contributed by atoms with E-state index >= 15 is 0 Å². The highest BCUT2D eigenvalue weighted by atomic mass is 32.2. The first-order valence-electron chi connectivity index (χ1n) is 7.03. The van der Waals surface area contributed by atoms with Crippen LogP contribution >= 0.6 is 11.8 Å². The third-order valence-corrected chi connectivity index (χ3v) is 3.88. The van der Waals surface area contributed by atoms with Crippen molar-refractivity contribution in [2.45, 2.75) is 63.4 Å². The van der Waals surface area contributed by atoms with Gasteiger partial charge in [-0.25, -0.2) is 9.89 Å². The Morgan fingerprint density at radius 1 is 1.38 bits per heavy atom. The van der Waals surface area contributed by atoms with Crippen LogP contribution in [0.25, 0.3) is 0 Å². The van der Waals surface area contributed by atoms with Gasteiger partial charge in [-0.15, -0.1) is 5.10 Å². The molecule has 0 fully saturated rings. The third kappa shape index (κ3) is 3.96. The van der Waals surface area contributed by atoms with E-state index in [0.29, 0.717) is 29.2 Å². The van der Waals surface area contributed by atoms with Crippen LogP contribution < -0.4 is 5.69 Å². The van der Waals surface area contributed by atoms with E-state index in [1.165, 1.54) is 11.8 Å². The number of unbranched alkanes of at least 4 members (excludes halogenated alkanes) is 1. The number of hydrogen-bond acceptors (Lipinski definition) is 6. The minimum absolute atomic E-state index is 0.137. The van der Waals surface area contributed by atoms with Gasteiger partial charge in [-0.05, 0) is 6.42 Å². The second-order valence-electron chi connectivity index (χ2n) is 5.87. The molecule has 0 atom stereocenters. The predicted octanol–water partition coefficient (Wildman–Crippen LogP) is 2.34. The fraction of sp³-hybridized carbons (Fsp3) is 0.692. The van der Waals surface area contributed by atoms with Gasteiger partial charge in [0.25, 0.3) is 0 Å². The number of hydrogen-bond donors (Lipinski definition) is 1. The normalized spacial score (nSPS) is 12.0. The molecule has 0 bridgehead atoms. The minimum Gasteiger partial charge on any atom is -0.338 e. The highest BCUT2D eigenvalue weighted by Crippen LogP contribution is 2.22. The number of rotatable bonds is 6. The molecule has 8 heteroatoms. The molecule has 0 saturated heterocycles. The molecule has 0 saturated carbocycles. The molecule has 2 aromatic rings. The second-order valence-corrected chi connectivity index (χ2v) is 6.81. The lowest BCUT2D eigenvalue weighted by molar-refractivity contribution is 0.372. The Kier molecular flexibility index (Phi) is 4.87. The molecular weight excluding hydrogens is 290 g/mol. The summed E-state index contributed by atoms with van der Waals surface area (Å²) in [5.41, 5.74) is -0.311. The Hall–Kier alpha value is -1.57. The van der Waals surface area contributed by atoms with Crippen molar-refractivity contribution < 1.29 is 4.52 Å². The van der Waals surface area contributed by atoms with Crippen molar-refractivity contribution in [3.63, 3.8) is 0 Å². The summed E-state index contributed by atoms with van der Waals surface area (Å²) in [4.78, 5) is 16.0. The summed E-state index contributed by atoms with van der Waals surface area (Å²) >= 11 is 1.42. The van der Waals surface area contributed by atoms with Crippen molar-refractivity contribution in [1.29, 1.82) is 0 Å². The number of thioether (sulfide) groups is 1. The smallest absolute Gasteiger partial charge is 0.338 e. The fourth-order valence-electron chi connectivity index (χ4n) is 1.67. The Morgan fingerprint density at radius 2 is 2.14 bits per heavy atom. The molecule has 0 aliphatic carbocycles. The molecule has 0 unspecified atom stereocenters. The summed E-state index contributed by atoms with van der Waals surface area (Å²) in [5.74, 6) is 1.73. The molecule has 2 aromatic heterocycles. The van der Waals surface area contributed by atoms with Gasteiger partial charge in [-0.3, -0.25) is 4.57 Å². The van der Waals surface area contributed by atoms with Crippen LogP contribution in [0.15, 0.2) is 14.5 Å². The van der Waals surface area contributed by atoms with Crippen molar-refractivity contribution in [1.82, 2.24) is 24.9 Å². The SMILES string of the molecule is CCCCn1c(SCc2nc(C(C)(C)C)no2)n[nH]c1=O. The number of aromatic amines is 1. The highest BCUT2D eigenvalue weighted by Gasteiger charge is 2.21. The van der Waals surface area contributed by atoms with Crippen molar-refractivity contribution >= 4 is 11.8 Å². The predicted molar refractivity (Wildman–Crippen MR) is 80.3 cm³/mol. The van der Waals surface area contributed by atoms with Gasteiger partial charge < -0.3 is 4.52 Å². The fourth-order valence-corrected chi connectivity index (χ4v) is 2.48. The highest BCUT2D eigenvalue weighted by molar-refractivity contribution is 7.98. The first kappa shape index (κ1) is 15.8. The zero-order valence-electron chi connectivity index (χ0n) is 12.8. The maximum Gasteiger partial charge on any atom is 0.343 e. The van der Waals surface area contributed by atoms with E-state index in [9.17, 15) is 4.79 Å². The van der Waals surface area contributed by atoms with Gasteiger partial charge in [0.2, 0.25) is 5.89 Å². The van der Waals surface area contributed by atoms with E-state index in [1.54, 1.807) is 4.57 Å². The van der Waals surface area contributed by atoms with E-state index in [4.69, 9.17) is 4.52 Å². The monoisotopic (exact) mass is 311 g/mol. The molecule has 1 N–H and O–H groups in total. The quantitative estimate of drug-likeness (QED) is 0.824. The lowest BCUT2D eigenvalue weighted by atomic mass is 9.96. The second kappa shape index (κ2) is 6.46. The first-order valence-corrected chi connectivity index (χ1v) is 8.01. The zero-order valence-corrected chi connectivity index (χ0v) is 13.7. The Morgan fingerprint density at radius 3 is 2.76 bits per heavy atom. The summed E-state index contributed by atoms with van der Waals surface area (Å²) in [6.07, 6.45) is 1.97. The lowest BCUT2D eigenvalue weighted by Crippen LogP contribution is -2.17. The summed E-state index contributed by atoms with van der Waals surface area (Å²) in [6, 6.07) is 0. The molecule has 0 spiro atoms. The summed E-state index contributed by atoms with van der Waals surface area (Å²) in [6.45, 7) is 8.86. The summed E-state index contributed by atoms with van der Waals surface area (Å²) in [5, 5.41) is 11.2. The average molecular weight is 311 g/mol. The van der Waals surface area contributed by atoms with Crippen LogP contribution in [0.1, 0.15) is 52.3 Å². The van der Waals surface area contributed by atoms with E-state index in [0.717, 1.165) is 12.8 Å². The molecule has 0 aliphatic heterocycles.